The van der Waals surface area contributed by atoms with Crippen LogP contribution in [0.3, 0.4) is 0 Å². The lowest BCUT2D eigenvalue weighted by Gasteiger charge is -2.41. The maximum absolute atomic E-state index is 14.3. The Morgan fingerprint density at radius 1 is 1.11 bits per heavy atom. The molecule has 1 amide bonds. The van der Waals surface area contributed by atoms with Crippen molar-refractivity contribution in [3.8, 4) is 28.5 Å². The van der Waals surface area contributed by atoms with Crippen LogP contribution in [0, 0.1) is 6.92 Å². The number of benzene rings is 2. The molecule has 3 atom stereocenters. The van der Waals surface area contributed by atoms with Crippen molar-refractivity contribution in [2.24, 2.45) is 0 Å². The quantitative estimate of drug-likeness (QED) is 0.316. The number of hydrogen-bond acceptors (Lipinski definition) is 8. The lowest BCUT2D eigenvalue weighted by atomic mass is 9.80. The number of amides is 1. The fourth-order valence-electron chi connectivity index (χ4n) is 6.53. The minimum atomic E-state index is -1.04. The zero-order valence-corrected chi connectivity index (χ0v) is 26.9. The number of aliphatic hydroxyl groups is 1. The van der Waals surface area contributed by atoms with Gasteiger partial charge in [0, 0.05) is 44.8 Å². The van der Waals surface area contributed by atoms with Gasteiger partial charge in [-0.25, -0.2) is 4.98 Å². The predicted octanol–water partition coefficient (Wildman–Crippen LogP) is 4.67. The number of aryl methyl sites for hydroxylation is 1. The van der Waals surface area contributed by atoms with Gasteiger partial charge in [-0.15, -0.1) is 12.4 Å². The Labute approximate surface area is 266 Å². The molecule has 1 saturated heterocycles. The van der Waals surface area contributed by atoms with Crippen molar-refractivity contribution in [2.45, 2.75) is 56.7 Å². The van der Waals surface area contributed by atoms with Crippen LogP contribution in [0.25, 0.3) is 11.3 Å². The molecular formula is C33H45ClN4O6. The summed E-state index contributed by atoms with van der Waals surface area (Å²) in [5.41, 5.74) is 1.99. The van der Waals surface area contributed by atoms with Crippen molar-refractivity contribution in [1.29, 1.82) is 0 Å². The topological polar surface area (TPSA) is 107 Å². The Hall–Kier alpha value is -3.31. The molecule has 2 heterocycles. The summed E-state index contributed by atoms with van der Waals surface area (Å²) in [5.74, 6) is 1.65. The second kappa shape index (κ2) is 15.1. The first-order valence-corrected chi connectivity index (χ1v) is 15.1. The molecule has 240 valence electrons. The van der Waals surface area contributed by atoms with Crippen LogP contribution in [0.5, 0.6) is 17.2 Å². The molecule has 2 N–H and O–H groups in total. The number of imidazole rings is 1. The van der Waals surface area contributed by atoms with E-state index in [0.29, 0.717) is 62.0 Å². The van der Waals surface area contributed by atoms with Gasteiger partial charge in [-0.3, -0.25) is 4.79 Å². The average Bonchev–Trinajstić information content (AvgIpc) is 3.46. The minimum Gasteiger partial charge on any atom is -0.493 e. The van der Waals surface area contributed by atoms with Gasteiger partial charge in [-0.1, -0.05) is 43.2 Å². The second-order valence-corrected chi connectivity index (χ2v) is 11.5. The van der Waals surface area contributed by atoms with Crippen LogP contribution in [-0.4, -0.2) is 91.3 Å². The molecule has 0 unspecified atom stereocenters. The molecule has 5 rings (SSSR count). The third-order valence-electron chi connectivity index (χ3n) is 8.64. The van der Waals surface area contributed by atoms with Gasteiger partial charge in [0.25, 0.3) is 5.91 Å². The van der Waals surface area contributed by atoms with E-state index in [9.17, 15) is 9.90 Å². The van der Waals surface area contributed by atoms with E-state index < -0.39 is 5.60 Å². The molecule has 2 aliphatic rings. The number of carbonyl (C=O) groups is 1. The molecule has 2 aromatic carbocycles. The number of carbonyl (C=O) groups excluding carboxylic acids is 1. The number of halogens is 1. The number of rotatable bonds is 11. The number of methoxy groups -OCH3 is 3. The first-order chi connectivity index (χ1) is 20.9. The van der Waals surface area contributed by atoms with Crippen molar-refractivity contribution in [3.05, 3.63) is 60.0 Å². The summed E-state index contributed by atoms with van der Waals surface area (Å²) >= 11 is 0. The third-order valence-corrected chi connectivity index (χ3v) is 8.64. The molecular weight excluding hydrogens is 584 g/mol. The molecule has 3 aromatic rings. The summed E-state index contributed by atoms with van der Waals surface area (Å²) in [7, 11) is 4.84. The Kier molecular flexibility index (Phi) is 11.5. The molecule has 1 aliphatic heterocycles. The average molecular weight is 629 g/mol. The van der Waals surface area contributed by atoms with E-state index in [1.807, 2.05) is 58.9 Å². The van der Waals surface area contributed by atoms with Gasteiger partial charge in [0.1, 0.15) is 5.60 Å². The number of nitrogens with one attached hydrogen (secondary N) is 1. The van der Waals surface area contributed by atoms with Crippen LogP contribution >= 0.6 is 12.4 Å². The molecule has 10 nitrogen and oxygen atoms in total. The van der Waals surface area contributed by atoms with Crippen LogP contribution in [0.4, 0.5) is 0 Å². The van der Waals surface area contributed by atoms with Gasteiger partial charge in [0.05, 0.1) is 45.5 Å². The van der Waals surface area contributed by atoms with E-state index >= 15 is 0 Å². The van der Waals surface area contributed by atoms with Gasteiger partial charge in [-0.2, -0.15) is 0 Å². The van der Waals surface area contributed by atoms with Crippen molar-refractivity contribution in [2.75, 3.05) is 54.2 Å². The summed E-state index contributed by atoms with van der Waals surface area (Å²) in [6.07, 6.45) is 5.67. The fraction of sp³-hybridized carbons (Fsp3) is 0.515. The molecule has 2 fully saturated rings. The van der Waals surface area contributed by atoms with Crippen molar-refractivity contribution < 1.29 is 28.8 Å². The van der Waals surface area contributed by atoms with E-state index in [1.54, 1.807) is 27.7 Å². The SMILES string of the molecule is COC[C@]1(O)CCCC[C@H]1n1cnc(C(=O)N2CCNC[C@H]2CCOc2c(OC)cc(C)cc2OC)c1-c1ccccc1.Cl. The number of ether oxygens (including phenoxy) is 4. The first kappa shape index (κ1) is 33.6. The predicted molar refractivity (Wildman–Crippen MR) is 171 cm³/mol. The van der Waals surface area contributed by atoms with Crippen LogP contribution in [0.2, 0.25) is 0 Å². The lowest BCUT2D eigenvalue weighted by molar-refractivity contribution is -0.0893. The third kappa shape index (κ3) is 6.99. The monoisotopic (exact) mass is 628 g/mol. The summed E-state index contributed by atoms with van der Waals surface area (Å²) in [6.45, 7) is 4.47. The highest BCUT2D eigenvalue weighted by molar-refractivity contribution is 5.98. The maximum atomic E-state index is 14.3. The van der Waals surface area contributed by atoms with Gasteiger partial charge in [0.2, 0.25) is 5.75 Å². The zero-order chi connectivity index (χ0) is 30.4. The lowest BCUT2D eigenvalue weighted by Crippen LogP contribution is -2.54. The van der Waals surface area contributed by atoms with Crippen molar-refractivity contribution >= 4 is 18.3 Å². The first-order valence-electron chi connectivity index (χ1n) is 15.1. The molecule has 1 aromatic heterocycles. The molecule has 11 heteroatoms. The summed E-state index contributed by atoms with van der Waals surface area (Å²) in [6, 6.07) is 13.3. The van der Waals surface area contributed by atoms with E-state index in [1.165, 1.54) is 0 Å². The van der Waals surface area contributed by atoms with Gasteiger partial charge >= 0.3 is 0 Å². The van der Waals surface area contributed by atoms with Crippen LogP contribution in [0.1, 0.15) is 54.2 Å². The van der Waals surface area contributed by atoms with E-state index in [2.05, 4.69) is 5.32 Å². The van der Waals surface area contributed by atoms with Gasteiger partial charge in [0.15, 0.2) is 17.2 Å². The maximum Gasteiger partial charge on any atom is 0.275 e. The highest BCUT2D eigenvalue weighted by Gasteiger charge is 2.42. The van der Waals surface area contributed by atoms with Crippen LogP contribution in [-0.2, 0) is 4.74 Å². The standard InChI is InChI=1S/C33H44N4O6.ClH/c1-23-18-26(41-3)31(27(19-23)42-4)43-17-13-25-20-34-15-16-36(25)32(38)29-30(24-10-6-5-7-11-24)37(22-35-29)28-12-8-9-14-33(28,39)21-40-2;/h5-7,10-11,18-19,22,25,28,34,39H,8-9,12-17,20-21H2,1-4H3;1H/t25-,28-,33-;/m1./s1. The molecule has 44 heavy (non-hydrogen) atoms. The fourth-order valence-corrected chi connectivity index (χ4v) is 6.53. The summed E-state index contributed by atoms with van der Waals surface area (Å²) in [4.78, 5) is 20.9. The van der Waals surface area contributed by atoms with Crippen molar-refractivity contribution in [3.63, 3.8) is 0 Å². The number of nitrogens with zero attached hydrogens (tertiary/aromatic N) is 3. The Morgan fingerprint density at radius 3 is 2.52 bits per heavy atom. The number of hydrogen-bond donors (Lipinski definition) is 2. The van der Waals surface area contributed by atoms with Crippen LogP contribution < -0.4 is 19.5 Å². The highest BCUT2D eigenvalue weighted by Crippen LogP contribution is 2.41. The molecule has 0 radical (unpaired) electrons. The molecule has 1 aliphatic carbocycles. The van der Waals surface area contributed by atoms with Gasteiger partial charge in [-0.05, 0) is 37.5 Å². The summed E-state index contributed by atoms with van der Waals surface area (Å²) < 4.78 is 24.8. The zero-order valence-electron chi connectivity index (χ0n) is 26.1. The van der Waals surface area contributed by atoms with Crippen molar-refractivity contribution in [1.82, 2.24) is 19.8 Å². The molecule has 1 saturated carbocycles. The number of aromatic nitrogens is 2. The second-order valence-electron chi connectivity index (χ2n) is 11.5. The summed E-state index contributed by atoms with van der Waals surface area (Å²) in [5, 5.41) is 15.1. The van der Waals surface area contributed by atoms with Gasteiger partial charge < -0.3 is 38.8 Å². The molecule has 0 spiro atoms. The Morgan fingerprint density at radius 2 is 1.84 bits per heavy atom. The highest BCUT2D eigenvalue weighted by atomic mass is 35.5. The number of piperazine rings is 1. The normalized spacial score (nSPS) is 21.8. The van der Waals surface area contributed by atoms with Crippen LogP contribution in [0.15, 0.2) is 48.8 Å². The molecule has 0 bridgehead atoms. The van der Waals surface area contributed by atoms with E-state index in [0.717, 1.165) is 36.1 Å². The van der Waals surface area contributed by atoms with E-state index in [4.69, 9.17) is 23.9 Å². The Balaban J connectivity index is 0.00000442. The largest absolute Gasteiger partial charge is 0.493 e. The Bertz CT molecular complexity index is 1360. The smallest absolute Gasteiger partial charge is 0.275 e. The minimum absolute atomic E-state index is 0. The van der Waals surface area contributed by atoms with E-state index in [-0.39, 0.29) is 37.0 Å².